The minimum atomic E-state index is -3.83. The van der Waals surface area contributed by atoms with Gasteiger partial charge in [-0.2, -0.15) is 0 Å². The zero-order chi connectivity index (χ0) is 26.6. The minimum Gasteiger partial charge on any atom is -0.358 e. The molecule has 0 amide bonds. The molecule has 0 unspecified atom stereocenters. The Morgan fingerprint density at radius 3 is 1.66 bits per heavy atom. The standard InChI is InChI=1S/C32H30O5S/c1-24-18-20-28(21-19-24)38(33,34)30-22-31(35-2)37-29(30)23-36-32(25-12-6-3-7-13-25,26-14-8-4-9-15-26)27-16-10-5-11-17-27/h3-22,29,31H,23H2,1-2H3/t29-,31-/m1/s1. The van der Waals surface area contributed by atoms with Crippen molar-refractivity contribution in [3.8, 4) is 0 Å². The van der Waals surface area contributed by atoms with Crippen molar-refractivity contribution in [2.45, 2.75) is 29.8 Å². The monoisotopic (exact) mass is 526 g/mol. The number of rotatable bonds is 9. The Balaban J connectivity index is 1.58. The predicted octanol–water partition coefficient (Wildman–Crippen LogP) is 6.03. The van der Waals surface area contributed by atoms with Gasteiger partial charge in [0.2, 0.25) is 9.84 Å². The van der Waals surface area contributed by atoms with E-state index in [1.807, 2.05) is 97.9 Å². The van der Waals surface area contributed by atoms with Crippen LogP contribution in [0.3, 0.4) is 0 Å². The Bertz CT molecular complexity index is 1390. The average Bonchev–Trinajstić information content (AvgIpc) is 3.40. The lowest BCUT2D eigenvalue weighted by Gasteiger charge is -2.37. The number of ether oxygens (including phenoxy) is 3. The van der Waals surface area contributed by atoms with Gasteiger partial charge in [-0.25, -0.2) is 8.42 Å². The van der Waals surface area contributed by atoms with Gasteiger partial charge in [0.15, 0.2) is 6.29 Å². The van der Waals surface area contributed by atoms with Gasteiger partial charge in [-0.15, -0.1) is 0 Å². The molecule has 38 heavy (non-hydrogen) atoms. The highest BCUT2D eigenvalue weighted by atomic mass is 32.2. The summed E-state index contributed by atoms with van der Waals surface area (Å²) in [5.74, 6) is 0. The Labute approximate surface area is 224 Å². The van der Waals surface area contributed by atoms with E-state index in [0.29, 0.717) is 0 Å². The van der Waals surface area contributed by atoms with E-state index in [9.17, 15) is 8.42 Å². The number of benzene rings is 4. The normalized spacial score (nSPS) is 17.8. The van der Waals surface area contributed by atoms with E-state index < -0.39 is 27.8 Å². The van der Waals surface area contributed by atoms with Crippen LogP contribution in [-0.4, -0.2) is 34.5 Å². The molecule has 0 aliphatic carbocycles. The summed E-state index contributed by atoms with van der Waals surface area (Å²) >= 11 is 0. The molecule has 1 heterocycles. The maximum atomic E-state index is 13.7. The third-order valence-corrected chi connectivity index (χ3v) is 8.69. The van der Waals surface area contributed by atoms with Crippen LogP contribution in [0.5, 0.6) is 0 Å². The number of aryl methyl sites for hydroxylation is 1. The number of sulfone groups is 1. The first-order chi connectivity index (χ1) is 18.4. The van der Waals surface area contributed by atoms with E-state index in [0.717, 1.165) is 22.3 Å². The molecule has 0 radical (unpaired) electrons. The van der Waals surface area contributed by atoms with E-state index in [1.54, 1.807) is 24.3 Å². The number of methoxy groups -OCH3 is 1. The lowest BCUT2D eigenvalue weighted by atomic mass is 9.80. The molecular formula is C32H30O5S. The fourth-order valence-corrected chi connectivity index (χ4v) is 6.37. The third-order valence-electron chi connectivity index (χ3n) is 6.78. The molecule has 5 rings (SSSR count). The van der Waals surface area contributed by atoms with Gasteiger partial charge in [0, 0.05) is 7.11 Å². The fraction of sp³-hybridized carbons (Fsp3) is 0.188. The van der Waals surface area contributed by atoms with E-state index >= 15 is 0 Å². The lowest BCUT2D eigenvalue weighted by molar-refractivity contribution is -0.127. The van der Waals surface area contributed by atoms with Gasteiger partial charge in [-0.05, 0) is 41.8 Å². The molecule has 0 spiro atoms. The van der Waals surface area contributed by atoms with Crippen LogP contribution >= 0.6 is 0 Å². The summed E-state index contributed by atoms with van der Waals surface area (Å²) in [5.41, 5.74) is 2.74. The van der Waals surface area contributed by atoms with Crippen LogP contribution in [0.4, 0.5) is 0 Å². The molecule has 0 fully saturated rings. The highest BCUT2D eigenvalue weighted by Crippen LogP contribution is 2.41. The summed E-state index contributed by atoms with van der Waals surface area (Å²) < 4.78 is 45.7. The fourth-order valence-electron chi connectivity index (χ4n) is 4.84. The first kappa shape index (κ1) is 26.1. The van der Waals surface area contributed by atoms with Crippen molar-refractivity contribution in [1.29, 1.82) is 0 Å². The van der Waals surface area contributed by atoms with Crippen LogP contribution in [0.15, 0.2) is 131 Å². The van der Waals surface area contributed by atoms with Crippen LogP contribution in [-0.2, 0) is 29.6 Å². The van der Waals surface area contributed by atoms with Gasteiger partial charge in [-0.3, -0.25) is 0 Å². The van der Waals surface area contributed by atoms with Gasteiger partial charge >= 0.3 is 0 Å². The largest absolute Gasteiger partial charge is 0.358 e. The molecule has 0 saturated carbocycles. The predicted molar refractivity (Wildman–Crippen MR) is 147 cm³/mol. The van der Waals surface area contributed by atoms with Gasteiger partial charge in [0.1, 0.15) is 11.7 Å². The first-order valence-electron chi connectivity index (χ1n) is 12.5. The van der Waals surface area contributed by atoms with Gasteiger partial charge in [0.25, 0.3) is 0 Å². The highest BCUT2D eigenvalue weighted by Gasteiger charge is 2.42. The van der Waals surface area contributed by atoms with Crippen LogP contribution in [0.2, 0.25) is 0 Å². The molecule has 4 aromatic rings. The van der Waals surface area contributed by atoms with Crippen LogP contribution in [0, 0.1) is 6.92 Å². The van der Waals surface area contributed by atoms with Crippen LogP contribution < -0.4 is 0 Å². The first-order valence-corrected chi connectivity index (χ1v) is 14.0. The molecule has 6 heteroatoms. The Hall–Kier alpha value is -3.55. The second kappa shape index (κ2) is 11.1. The van der Waals surface area contributed by atoms with Crippen molar-refractivity contribution < 1.29 is 22.6 Å². The van der Waals surface area contributed by atoms with Crippen molar-refractivity contribution in [2.75, 3.05) is 13.7 Å². The van der Waals surface area contributed by atoms with Gasteiger partial charge in [0.05, 0.1) is 16.4 Å². The summed E-state index contributed by atoms with van der Waals surface area (Å²) in [6.07, 6.45) is -0.126. The summed E-state index contributed by atoms with van der Waals surface area (Å²) in [7, 11) is -2.34. The van der Waals surface area contributed by atoms with Gasteiger partial charge in [-0.1, -0.05) is 109 Å². The molecule has 0 saturated heterocycles. The molecule has 1 aliphatic heterocycles. The van der Waals surface area contributed by atoms with E-state index in [2.05, 4.69) is 0 Å². The second-order valence-corrected chi connectivity index (χ2v) is 11.2. The molecule has 0 aromatic heterocycles. The molecular weight excluding hydrogens is 496 g/mol. The third kappa shape index (κ3) is 4.96. The van der Waals surface area contributed by atoms with E-state index in [1.165, 1.54) is 13.2 Å². The molecule has 0 bridgehead atoms. The van der Waals surface area contributed by atoms with Crippen LogP contribution in [0.1, 0.15) is 22.3 Å². The quantitative estimate of drug-likeness (QED) is 0.249. The summed E-state index contributed by atoms with van der Waals surface area (Å²) in [6.45, 7) is 1.90. The van der Waals surface area contributed by atoms with E-state index in [4.69, 9.17) is 14.2 Å². The van der Waals surface area contributed by atoms with E-state index in [-0.39, 0.29) is 16.4 Å². The Kier molecular flexibility index (Phi) is 7.58. The van der Waals surface area contributed by atoms with Crippen molar-refractivity contribution in [1.82, 2.24) is 0 Å². The minimum absolute atomic E-state index is 0.0184. The average molecular weight is 527 g/mol. The molecule has 4 aromatic carbocycles. The summed E-state index contributed by atoms with van der Waals surface area (Å²) in [6, 6.07) is 36.6. The number of hydrogen-bond donors (Lipinski definition) is 0. The highest BCUT2D eigenvalue weighted by molar-refractivity contribution is 7.95. The maximum absolute atomic E-state index is 13.7. The molecule has 0 N–H and O–H groups in total. The Morgan fingerprint density at radius 2 is 1.21 bits per heavy atom. The molecule has 194 valence electrons. The number of hydrogen-bond acceptors (Lipinski definition) is 5. The zero-order valence-corrected chi connectivity index (χ0v) is 22.2. The topological polar surface area (TPSA) is 61.8 Å². The van der Waals surface area contributed by atoms with Crippen LogP contribution in [0.25, 0.3) is 0 Å². The zero-order valence-electron chi connectivity index (χ0n) is 21.4. The van der Waals surface area contributed by atoms with Crippen molar-refractivity contribution in [3.63, 3.8) is 0 Å². The summed E-state index contributed by atoms with van der Waals surface area (Å²) in [5, 5.41) is 0. The second-order valence-electron chi connectivity index (χ2n) is 9.20. The maximum Gasteiger partial charge on any atom is 0.205 e. The molecule has 5 nitrogen and oxygen atoms in total. The smallest absolute Gasteiger partial charge is 0.205 e. The van der Waals surface area contributed by atoms with Gasteiger partial charge < -0.3 is 14.2 Å². The van der Waals surface area contributed by atoms with Crippen molar-refractivity contribution in [3.05, 3.63) is 148 Å². The summed E-state index contributed by atoms with van der Waals surface area (Å²) in [4.78, 5) is 0.344. The molecule has 2 atom stereocenters. The van der Waals surface area contributed by atoms with Crippen molar-refractivity contribution >= 4 is 9.84 Å². The SMILES string of the molecule is CO[C@H]1C=C(S(=O)(=O)c2ccc(C)cc2)[C@@H](COC(c2ccccc2)(c2ccccc2)c2ccccc2)O1. The lowest BCUT2D eigenvalue weighted by Crippen LogP contribution is -2.37. The Morgan fingerprint density at radius 1 is 0.737 bits per heavy atom. The van der Waals surface area contributed by atoms with Crippen molar-refractivity contribution in [2.24, 2.45) is 0 Å². The molecule has 1 aliphatic rings.